The third-order valence-corrected chi connectivity index (χ3v) is 5.20. The van der Waals surface area contributed by atoms with Crippen LogP contribution in [0.15, 0.2) is 29.4 Å². The van der Waals surface area contributed by atoms with Gasteiger partial charge in [-0.2, -0.15) is 0 Å². The van der Waals surface area contributed by atoms with Gasteiger partial charge in [-0.05, 0) is 18.6 Å². The first kappa shape index (κ1) is 20.0. The van der Waals surface area contributed by atoms with Crippen molar-refractivity contribution in [2.75, 3.05) is 0 Å². The van der Waals surface area contributed by atoms with Crippen LogP contribution in [-0.4, -0.2) is 21.3 Å². The minimum atomic E-state index is -0.725. The average Bonchev–Trinajstić information content (AvgIpc) is 2.56. The van der Waals surface area contributed by atoms with E-state index in [0.29, 0.717) is 0 Å². The van der Waals surface area contributed by atoms with Gasteiger partial charge in [0.15, 0.2) is 0 Å². The fourth-order valence-electron chi connectivity index (χ4n) is 2.61. The molecule has 0 bridgehead atoms. The van der Waals surface area contributed by atoms with Crippen LogP contribution in [0.4, 0.5) is 0 Å². The molecule has 1 rings (SSSR count). The molecule has 1 unspecified atom stereocenters. The average molecular weight is 338 g/mol. The molecule has 0 saturated carbocycles. The first-order valence-corrected chi connectivity index (χ1v) is 9.92. The molecule has 1 N–H and O–H groups in total. The van der Waals surface area contributed by atoms with Gasteiger partial charge in [-0.15, -0.1) is 0 Å². The van der Waals surface area contributed by atoms with Crippen LogP contribution < -0.4 is 0 Å². The van der Waals surface area contributed by atoms with Crippen LogP contribution >= 0.6 is 11.8 Å². The minimum Gasteiger partial charge on any atom is -0.480 e. The fourth-order valence-corrected chi connectivity index (χ4v) is 3.57. The summed E-state index contributed by atoms with van der Waals surface area (Å²) in [4.78, 5) is 15.5. The quantitative estimate of drug-likeness (QED) is 0.337. The smallest absolute Gasteiger partial charge is 0.317 e. The van der Waals surface area contributed by atoms with Crippen molar-refractivity contribution >= 4 is 17.7 Å². The van der Waals surface area contributed by atoms with Gasteiger partial charge in [-0.25, -0.2) is 4.98 Å². The standard InChI is InChI=1S/C19H31NO2S/c1-2-3-4-5-6-7-8-9-10-11-14-17(19(21)22)23-18-15-12-13-16-20-18/h12-13,15-17H,2-11,14H2,1H3,(H,21,22). The highest BCUT2D eigenvalue weighted by atomic mass is 32.2. The summed E-state index contributed by atoms with van der Waals surface area (Å²) in [5, 5.41) is 9.75. The van der Waals surface area contributed by atoms with E-state index in [1.807, 2.05) is 18.2 Å². The number of unbranched alkanes of at least 4 members (excludes halogenated alkanes) is 9. The number of carbonyl (C=O) groups is 1. The zero-order valence-electron chi connectivity index (χ0n) is 14.4. The highest BCUT2D eigenvalue weighted by molar-refractivity contribution is 8.00. The van der Waals surface area contributed by atoms with Crippen molar-refractivity contribution in [3.05, 3.63) is 24.4 Å². The summed E-state index contributed by atoms with van der Waals surface area (Å²) in [6.07, 6.45) is 15.2. The molecule has 0 aromatic carbocycles. The number of carboxylic acid groups (broad SMARTS) is 1. The van der Waals surface area contributed by atoms with Crippen LogP contribution in [-0.2, 0) is 4.79 Å². The molecule has 0 aliphatic rings. The van der Waals surface area contributed by atoms with Gasteiger partial charge >= 0.3 is 5.97 Å². The Balaban J connectivity index is 2.06. The van der Waals surface area contributed by atoms with Crippen molar-refractivity contribution < 1.29 is 9.90 Å². The molecule has 0 aliphatic carbocycles. The lowest BCUT2D eigenvalue weighted by atomic mass is 10.1. The van der Waals surface area contributed by atoms with E-state index in [2.05, 4.69) is 11.9 Å². The van der Waals surface area contributed by atoms with Crippen molar-refractivity contribution in [1.29, 1.82) is 0 Å². The molecule has 4 heteroatoms. The lowest BCUT2D eigenvalue weighted by molar-refractivity contribution is -0.136. The van der Waals surface area contributed by atoms with E-state index in [1.54, 1.807) is 6.20 Å². The highest BCUT2D eigenvalue weighted by Gasteiger charge is 2.18. The van der Waals surface area contributed by atoms with E-state index >= 15 is 0 Å². The molecule has 0 amide bonds. The Hall–Kier alpha value is -1.03. The predicted octanol–water partition coefficient (Wildman–Crippen LogP) is 5.94. The van der Waals surface area contributed by atoms with Crippen LogP contribution in [0.25, 0.3) is 0 Å². The summed E-state index contributed by atoms with van der Waals surface area (Å²) >= 11 is 1.37. The number of pyridine rings is 1. The number of hydrogen-bond acceptors (Lipinski definition) is 3. The van der Waals surface area contributed by atoms with Crippen molar-refractivity contribution in [3.63, 3.8) is 0 Å². The maximum atomic E-state index is 11.3. The molecule has 23 heavy (non-hydrogen) atoms. The third kappa shape index (κ3) is 10.4. The van der Waals surface area contributed by atoms with Crippen molar-refractivity contribution in [2.24, 2.45) is 0 Å². The van der Waals surface area contributed by atoms with E-state index in [0.717, 1.165) is 24.3 Å². The van der Waals surface area contributed by atoms with Gasteiger partial charge < -0.3 is 5.11 Å². The fraction of sp³-hybridized carbons (Fsp3) is 0.684. The Morgan fingerprint density at radius 1 is 1.04 bits per heavy atom. The Morgan fingerprint density at radius 3 is 2.17 bits per heavy atom. The first-order chi connectivity index (χ1) is 11.2. The molecule has 1 aromatic rings. The number of aromatic nitrogens is 1. The largest absolute Gasteiger partial charge is 0.480 e. The molecule has 0 saturated heterocycles. The van der Waals surface area contributed by atoms with Gasteiger partial charge in [-0.1, -0.05) is 89.0 Å². The van der Waals surface area contributed by atoms with Crippen molar-refractivity contribution in [3.8, 4) is 0 Å². The van der Waals surface area contributed by atoms with Crippen LogP contribution in [0, 0.1) is 0 Å². The first-order valence-electron chi connectivity index (χ1n) is 9.04. The van der Waals surface area contributed by atoms with Gasteiger partial charge in [0, 0.05) is 6.20 Å². The number of carboxylic acids is 1. The summed E-state index contributed by atoms with van der Waals surface area (Å²) < 4.78 is 0. The second-order valence-electron chi connectivity index (χ2n) is 6.08. The lowest BCUT2D eigenvalue weighted by Crippen LogP contribution is -2.16. The molecule has 1 aromatic heterocycles. The zero-order chi connectivity index (χ0) is 16.8. The Bertz CT molecular complexity index is 411. The second-order valence-corrected chi connectivity index (χ2v) is 7.31. The van der Waals surface area contributed by atoms with Crippen LogP contribution in [0.3, 0.4) is 0 Å². The van der Waals surface area contributed by atoms with Crippen molar-refractivity contribution in [1.82, 2.24) is 4.98 Å². The maximum Gasteiger partial charge on any atom is 0.317 e. The van der Waals surface area contributed by atoms with Gasteiger partial charge in [0.25, 0.3) is 0 Å². The van der Waals surface area contributed by atoms with E-state index in [-0.39, 0.29) is 5.25 Å². The van der Waals surface area contributed by atoms with Crippen LogP contribution in [0.5, 0.6) is 0 Å². The molecule has 0 radical (unpaired) electrons. The summed E-state index contributed by atoms with van der Waals surface area (Å²) in [6.45, 7) is 2.25. The molecule has 0 fully saturated rings. The van der Waals surface area contributed by atoms with E-state index in [9.17, 15) is 9.90 Å². The van der Waals surface area contributed by atoms with Crippen LogP contribution in [0.1, 0.15) is 77.6 Å². The number of aliphatic carboxylic acids is 1. The van der Waals surface area contributed by atoms with Gasteiger partial charge in [-0.3, -0.25) is 4.79 Å². The van der Waals surface area contributed by atoms with Gasteiger partial charge in [0.2, 0.25) is 0 Å². The van der Waals surface area contributed by atoms with Gasteiger partial charge in [0.05, 0.1) is 5.03 Å². The Morgan fingerprint density at radius 2 is 1.65 bits per heavy atom. The summed E-state index contributed by atoms with van der Waals surface area (Å²) in [5.41, 5.74) is 0. The molecule has 130 valence electrons. The summed E-state index contributed by atoms with van der Waals surface area (Å²) in [6, 6.07) is 5.62. The van der Waals surface area contributed by atoms with Crippen LogP contribution in [0.2, 0.25) is 0 Å². The number of rotatable bonds is 14. The number of nitrogens with zero attached hydrogens (tertiary/aromatic N) is 1. The molecule has 0 spiro atoms. The molecule has 0 aliphatic heterocycles. The highest BCUT2D eigenvalue weighted by Crippen LogP contribution is 2.25. The topological polar surface area (TPSA) is 50.2 Å². The van der Waals surface area contributed by atoms with E-state index in [1.165, 1.54) is 63.1 Å². The summed E-state index contributed by atoms with van der Waals surface area (Å²) in [7, 11) is 0. The van der Waals surface area contributed by atoms with Crippen molar-refractivity contribution in [2.45, 2.75) is 87.8 Å². The Kier molecular flexibility index (Phi) is 11.7. The van der Waals surface area contributed by atoms with Gasteiger partial charge in [0.1, 0.15) is 5.25 Å². The minimum absolute atomic E-state index is 0.376. The molecule has 1 atom stereocenters. The predicted molar refractivity (Wildman–Crippen MR) is 98.0 cm³/mol. The molecular weight excluding hydrogens is 306 g/mol. The number of hydrogen-bond donors (Lipinski definition) is 1. The summed E-state index contributed by atoms with van der Waals surface area (Å²) in [5.74, 6) is -0.725. The third-order valence-electron chi connectivity index (χ3n) is 4.00. The van der Waals surface area contributed by atoms with E-state index in [4.69, 9.17) is 0 Å². The second kappa shape index (κ2) is 13.4. The molecule has 1 heterocycles. The Labute approximate surface area is 145 Å². The zero-order valence-corrected chi connectivity index (χ0v) is 15.2. The number of thioether (sulfide) groups is 1. The lowest BCUT2D eigenvalue weighted by Gasteiger charge is -2.11. The SMILES string of the molecule is CCCCCCCCCCCCC(Sc1ccccn1)C(=O)O. The normalized spacial score (nSPS) is 12.2. The maximum absolute atomic E-state index is 11.3. The molecular formula is C19H31NO2S. The molecule has 3 nitrogen and oxygen atoms in total. The van der Waals surface area contributed by atoms with E-state index < -0.39 is 5.97 Å². The monoisotopic (exact) mass is 337 g/mol.